The molecule has 2 aliphatic rings. The SMILES string of the molecule is CC(C)(C)OC(=O)CC[C@@H](C(N)=O)N1Cc2cc(Cn3cnc4c(I)cc(N5CC(F)C5)nc43)ccc2C1=O. The number of hydrogen-bond donors (Lipinski definition) is 1. The molecule has 1 saturated heterocycles. The molecule has 1 fully saturated rings. The molecule has 2 N–H and O–H groups in total. The predicted octanol–water partition coefficient (Wildman–Crippen LogP) is 3.17. The lowest BCUT2D eigenvalue weighted by molar-refractivity contribution is -0.155. The maximum atomic E-state index is 13.4. The van der Waals surface area contributed by atoms with Gasteiger partial charge < -0.3 is 24.8 Å². The number of carbonyl (C=O) groups is 3. The number of imidazole rings is 1. The highest BCUT2D eigenvalue weighted by Crippen LogP contribution is 2.30. The second-order valence-electron chi connectivity index (χ2n) is 11.0. The Kier molecular flexibility index (Phi) is 7.25. The molecule has 12 heteroatoms. The fourth-order valence-electron chi connectivity index (χ4n) is 4.92. The molecule has 1 aromatic carbocycles. The second kappa shape index (κ2) is 10.4. The third-order valence-corrected chi connectivity index (χ3v) is 7.60. The highest BCUT2D eigenvalue weighted by Gasteiger charge is 2.36. The molecule has 2 aliphatic heterocycles. The molecule has 0 spiro atoms. The number of anilines is 1. The lowest BCUT2D eigenvalue weighted by Gasteiger charge is -2.35. The number of benzene rings is 1. The summed E-state index contributed by atoms with van der Waals surface area (Å²) in [6.45, 7) is 6.66. The number of nitrogens with zero attached hydrogens (tertiary/aromatic N) is 5. The van der Waals surface area contributed by atoms with Crippen LogP contribution in [0.15, 0.2) is 30.6 Å². The van der Waals surface area contributed by atoms with Gasteiger partial charge in [-0.25, -0.2) is 14.4 Å². The van der Waals surface area contributed by atoms with Crippen LogP contribution in [0.2, 0.25) is 0 Å². The van der Waals surface area contributed by atoms with E-state index in [2.05, 4.69) is 27.6 Å². The van der Waals surface area contributed by atoms with Gasteiger partial charge in [-0.3, -0.25) is 14.4 Å². The van der Waals surface area contributed by atoms with Gasteiger partial charge in [0.1, 0.15) is 29.1 Å². The number of aromatic nitrogens is 3. The van der Waals surface area contributed by atoms with Crippen molar-refractivity contribution in [2.24, 2.45) is 5.73 Å². The molecule has 2 aromatic heterocycles. The smallest absolute Gasteiger partial charge is 0.306 e. The van der Waals surface area contributed by atoms with Gasteiger partial charge >= 0.3 is 5.97 Å². The van der Waals surface area contributed by atoms with Crippen LogP contribution in [0.1, 0.15) is 55.1 Å². The van der Waals surface area contributed by atoms with Crippen molar-refractivity contribution >= 4 is 57.4 Å². The summed E-state index contributed by atoms with van der Waals surface area (Å²) in [6, 6.07) is 6.54. The van der Waals surface area contributed by atoms with Crippen LogP contribution in [-0.2, 0) is 27.4 Å². The summed E-state index contributed by atoms with van der Waals surface area (Å²) in [5.74, 6) is -0.679. The number of primary amides is 1. The van der Waals surface area contributed by atoms with Gasteiger partial charge in [0.2, 0.25) is 5.91 Å². The summed E-state index contributed by atoms with van der Waals surface area (Å²) >= 11 is 2.22. The number of hydrogen-bond acceptors (Lipinski definition) is 7. The van der Waals surface area contributed by atoms with Crippen LogP contribution in [0.3, 0.4) is 0 Å². The first kappa shape index (κ1) is 27.3. The predicted molar refractivity (Wildman–Crippen MR) is 151 cm³/mol. The highest BCUT2D eigenvalue weighted by molar-refractivity contribution is 14.1. The van der Waals surface area contributed by atoms with E-state index in [0.29, 0.717) is 30.8 Å². The van der Waals surface area contributed by atoms with E-state index in [9.17, 15) is 18.8 Å². The van der Waals surface area contributed by atoms with E-state index in [-0.39, 0.29) is 25.3 Å². The van der Waals surface area contributed by atoms with Gasteiger partial charge in [-0.2, -0.15) is 0 Å². The summed E-state index contributed by atoms with van der Waals surface area (Å²) < 4.78 is 21.6. The van der Waals surface area contributed by atoms with Crippen LogP contribution in [0.25, 0.3) is 11.2 Å². The number of halogens is 2. The van der Waals surface area contributed by atoms with Crippen LogP contribution >= 0.6 is 22.6 Å². The number of alkyl halides is 1. The van der Waals surface area contributed by atoms with Gasteiger partial charge in [-0.15, -0.1) is 0 Å². The molecular weight excluding hydrogens is 618 g/mol. The molecule has 5 rings (SSSR count). The fourth-order valence-corrected chi connectivity index (χ4v) is 5.57. The van der Waals surface area contributed by atoms with E-state index >= 15 is 0 Å². The maximum absolute atomic E-state index is 13.4. The van der Waals surface area contributed by atoms with Crippen molar-refractivity contribution in [3.63, 3.8) is 0 Å². The molecular formula is C27H30FIN6O4. The molecule has 2 amide bonds. The quantitative estimate of drug-likeness (QED) is 0.294. The normalized spacial score (nSPS) is 16.4. The van der Waals surface area contributed by atoms with Crippen molar-refractivity contribution < 1.29 is 23.5 Å². The lowest BCUT2D eigenvalue weighted by atomic mass is 10.1. The zero-order valence-electron chi connectivity index (χ0n) is 22.0. The number of esters is 1. The Bertz CT molecular complexity index is 1460. The molecule has 3 aromatic rings. The largest absolute Gasteiger partial charge is 0.460 e. The Morgan fingerprint density at radius 2 is 2.00 bits per heavy atom. The highest BCUT2D eigenvalue weighted by atomic mass is 127. The molecule has 0 aliphatic carbocycles. The Morgan fingerprint density at radius 3 is 2.67 bits per heavy atom. The number of rotatable bonds is 8. The van der Waals surface area contributed by atoms with Gasteiger partial charge in [-0.1, -0.05) is 12.1 Å². The zero-order chi connectivity index (χ0) is 28.1. The molecule has 0 bridgehead atoms. The second-order valence-corrected chi connectivity index (χ2v) is 12.1. The molecule has 4 heterocycles. The summed E-state index contributed by atoms with van der Waals surface area (Å²) in [6.07, 6.45) is 0.957. The first-order valence-electron chi connectivity index (χ1n) is 12.7. The summed E-state index contributed by atoms with van der Waals surface area (Å²) in [5, 5.41) is 0. The molecule has 10 nitrogen and oxygen atoms in total. The minimum atomic E-state index is -0.923. The monoisotopic (exact) mass is 648 g/mol. The van der Waals surface area contributed by atoms with E-state index in [1.54, 1.807) is 33.2 Å². The Hall–Kier alpha value is -3.29. The summed E-state index contributed by atoms with van der Waals surface area (Å²) in [7, 11) is 0. The van der Waals surface area contributed by atoms with Crippen molar-refractivity contribution in [3.05, 3.63) is 50.9 Å². The number of fused-ring (bicyclic) bond motifs is 2. The van der Waals surface area contributed by atoms with Crippen molar-refractivity contribution in [2.75, 3.05) is 18.0 Å². The fraction of sp³-hybridized carbons (Fsp3) is 0.444. The number of nitrogens with two attached hydrogens (primary N) is 1. The zero-order valence-corrected chi connectivity index (χ0v) is 24.1. The van der Waals surface area contributed by atoms with E-state index in [1.807, 2.05) is 27.7 Å². The van der Waals surface area contributed by atoms with Crippen LogP contribution < -0.4 is 10.6 Å². The number of pyridine rings is 1. The van der Waals surface area contributed by atoms with Gasteiger partial charge in [0.05, 0.1) is 26.0 Å². The molecule has 0 radical (unpaired) electrons. The van der Waals surface area contributed by atoms with Gasteiger partial charge in [0, 0.05) is 22.1 Å². The van der Waals surface area contributed by atoms with Gasteiger partial charge in [0.15, 0.2) is 5.65 Å². The minimum Gasteiger partial charge on any atom is -0.460 e. The Morgan fingerprint density at radius 1 is 1.26 bits per heavy atom. The van der Waals surface area contributed by atoms with E-state index in [1.165, 1.54) is 4.90 Å². The van der Waals surface area contributed by atoms with E-state index < -0.39 is 29.7 Å². The van der Waals surface area contributed by atoms with Crippen molar-refractivity contribution in [3.8, 4) is 0 Å². The van der Waals surface area contributed by atoms with E-state index in [0.717, 1.165) is 26.0 Å². The molecule has 39 heavy (non-hydrogen) atoms. The average Bonchev–Trinajstić information content (AvgIpc) is 3.37. The first-order chi connectivity index (χ1) is 18.4. The summed E-state index contributed by atoms with van der Waals surface area (Å²) in [5.41, 5.74) is 8.69. The maximum Gasteiger partial charge on any atom is 0.306 e. The van der Waals surface area contributed by atoms with Crippen molar-refractivity contribution in [1.29, 1.82) is 0 Å². The average molecular weight is 648 g/mol. The number of amides is 2. The van der Waals surface area contributed by atoms with Gasteiger partial charge in [-0.05, 0) is 73.0 Å². The lowest BCUT2D eigenvalue weighted by Crippen LogP contribution is -2.48. The molecule has 1 atom stereocenters. The van der Waals surface area contributed by atoms with Crippen LogP contribution in [0.5, 0.6) is 0 Å². The van der Waals surface area contributed by atoms with Crippen LogP contribution in [-0.4, -0.2) is 68.1 Å². The number of ether oxygens (including phenoxy) is 1. The Balaban J connectivity index is 1.32. The minimum absolute atomic E-state index is 0.0266. The van der Waals surface area contributed by atoms with Gasteiger partial charge in [0.25, 0.3) is 5.91 Å². The van der Waals surface area contributed by atoms with Crippen molar-refractivity contribution in [1.82, 2.24) is 19.4 Å². The molecule has 0 unspecified atom stereocenters. The molecule has 206 valence electrons. The third kappa shape index (κ3) is 5.70. The first-order valence-corrected chi connectivity index (χ1v) is 13.8. The van der Waals surface area contributed by atoms with Crippen molar-refractivity contribution in [2.45, 2.75) is 64.5 Å². The third-order valence-electron chi connectivity index (χ3n) is 6.77. The van der Waals surface area contributed by atoms with E-state index in [4.69, 9.17) is 15.5 Å². The topological polar surface area (TPSA) is 124 Å². The number of carbonyl (C=O) groups excluding carboxylic acids is 3. The van der Waals surface area contributed by atoms with Crippen LogP contribution in [0, 0.1) is 3.57 Å². The Labute approximate surface area is 238 Å². The van der Waals surface area contributed by atoms with Crippen LogP contribution in [0.4, 0.5) is 10.2 Å². The standard InChI is InChI=1S/C27H30FIN6O4/c1-27(2,3)39-22(36)7-6-20(24(30)37)35-11-16-8-15(4-5-18(16)26(35)38)10-34-14-31-23-19(29)9-21(32-25(23)34)33-12-17(28)13-33/h4-5,8-9,14,17,20H,6-7,10-13H2,1-3H3,(H2,30,37)/t20-/m0/s1. The summed E-state index contributed by atoms with van der Waals surface area (Å²) in [4.78, 5) is 50.2. The molecule has 0 saturated carbocycles.